The number of carbonyl (C=O) groups is 2. The summed E-state index contributed by atoms with van der Waals surface area (Å²) in [5.41, 5.74) is 1.64. The summed E-state index contributed by atoms with van der Waals surface area (Å²) in [7, 11) is 3.03. The zero-order valence-electron chi connectivity index (χ0n) is 20.9. The topological polar surface area (TPSA) is 109 Å². The van der Waals surface area contributed by atoms with Gasteiger partial charge in [0.15, 0.2) is 11.5 Å². The van der Waals surface area contributed by atoms with Gasteiger partial charge in [0.2, 0.25) is 5.91 Å². The molecule has 0 saturated heterocycles. The normalized spacial score (nSPS) is 11.7. The second-order valence-electron chi connectivity index (χ2n) is 8.30. The van der Waals surface area contributed by atoms with E-state index in [9.17, 15) is 14.4 Å². The van der Waals surface area contributed by atoms with Gasteiger partial charge in [-0.15, -0.1) is 11.3 Å². The second-order valence-corrected chi connectivity index (χ2v) is 9.30. The summed E-state index contributed by atoms with van der Waals surface area (Å²) < 4.78 is 17.2. The second kappa shape index (κ2) is 11.3. The Morgan fingerprint density at radius 3 is 2.51 bits per heavy atom. The molecule has 0 saturated carbocycles. The molecule has 0 bridgehead atoms. The van der Waals surface area contributed by atoms with Gasteiger partial charge in [-0.3, -0.25) is 14.2 Å². The quantitative estimate of drug-likeness (QED) is 0.326. The molecule has 0 spiro atoms. The number of carbonyl (C=O) groups excluding carboxylic acids is 2. The number of thiophene rings is 1. The summed E-state index contributed by atoms with van der Waals surface area (Å²) in [5, 5.41) is 3.08. The predicted octanol–water partition coefficient (Wildman–Crippen LogP) is 4.38. The molecule has 9 nitrogen and oxygen atoms in total. The van der Waals surface area contributed by atoms with Crippen LogP contribution >= 0.6 is 11.3 Å². The number of hydrogen-bond acceptors (Lipinski definition) is 8. The number of nitrogens with one attached hydrogen (secondary N) is 1. The molecule has 0 radical (unpaired) electrons. The molecule has 0 aliphatic rings. The average molecular weight is 522 g/mol. The molecule has 2 aromatic carbocycles. The standard InChI is InChI=1S/C27H27N3O6S/c1-16-22-25(37-23(16)27(33)36-13-12-18-8-6-5-7-9-18)28-15-30(26(22)32)17(2)24(31)29-19-10-11-20(34-3)21(14-19)35-4/h5-11,14-15,17H,12-13H2,1-4H3,(H,29,31). The summed E-state index contributed by atoms with van der Waals surface area (Å²) >= 11 is 1.11. The van der Waals surface area contributed by atoms with Gasteiger partial charge in [-0.1, -0.05) is 30.3 Å². The third-order valence-electron chi connectivity index (χ3n) is 5.98. The Morgan fingerprint density at radius 2 is 1.81 bits per heavy atom. The number of benzene rings is 2. The van der Waals surface area contributed by atoms with Crippen molar-refractivity contribution < 1.29 is 23.8 Å². The number of methoxy groups -OCH3 is 2. The maximum absolute atomic E-state index is 13.3. The Balaban J connectivity index is 1.51. The van der Waals surface area contributed by atoms with Crippen LogP contribution in [-0.4, -0.2) is 42.3 Å². The number of aromatic nitrogens is 2. The van der Waals surface area contributed by atoms with E-state index in [1.807, 2.05) is 30.3 Å². The van der Waals surface area contributed by atoms with Crippen molar-refractivity contribution in [2.24, 2.45) is 0 Å². The van der Waals surface area contributed by atoms with Crippen molar-refractivity contribution in [1.82, 2.24) is 9.55 Å². The number of esters is 1. The molecule has 2 heterocycles. The fourth-order valence-electron chi connectivity index (χ4n) is 3.87. The van der Waals surface area contributed by atoms with Crippen LogP contribution in [0.15, 0.2) is 59.7 Å². The molecule has 0 aliphatic heterocycles. The smallest absolute Gasteiger partial charge is 0.348 e. The Bertz CT molecular complexity index is 1500. The third kappa shape index (κ3) is 5.49. The van der Waals surface area contributed by atoms with Crippen LogP contribution in [0, 0.1) is 6.92 Å². The van der Waals surface area contributed by atoms with Crippen LogP contribution in [0.4, 0.5) is 5.69 Å². The minimum Gasteiger partial charge on any atom is -0.493 e. The fraction of sp³-hybridized carbons (Fsp3) is 0.259. The lowest BCUT2D eigenvalue weighted by Gasteiger charge is -2.16. The van der Waals surface area contributed by atoms with Gasteiger partial charge in [0.05, 0.1) is 32.5 Å². The summed E-state index contributed by atoms with van der Waals surface area (Å²) in [4.78, 5) is 44.1. The van der Waals surface area contributed by atoms with Crippen LogP contribution < -0.4 is 20.3 Å². The highest BCUT2D eigenvalue weighted by atomic mass is 32.1. The zero-order chi connectivity index (χ0) is 26.5. The SMILES string of the molecule is COc1ccc(NC(=O)C(C)n2cnc3sc(C(=O)OCCc4ccccc4)c(C)c3c2=O)cc1OC. The Hall–Kier alpha value is -4.18. The fourth-order valence-corrected chi connectivity index (χ4v) is 4.90. The van der Waals surface area contributed by atoms with E-state index in [2.05, 4.69) is 10.3 Å². The molecule has 1 unspecified atom stereocenters. The molecule has 4 aromatic rings. The summed E-state index contributed by atoms with van der Waals surface area (Å²) in [5.74, 6) is 0.0811. The van der Waals surface area contributed by atoms with Crippen LogP contribution in [0.3, 0.4) is 0 Å². The summed E-state index contributed by atoms with van der Waals surface area (Å²) in [6.45, 7) is 3.52. The maximum Gasteiger partial charge on any atom is 0.348 e. The number of hydrogen-bond donors (Lipinski definition) is 1. The van der Waals surface area contributed by atoms with Gasteiger partial charge in [0, 0.05) is 18.2 Å². The van der Waals surface area contributed by atoms with Gasteiger partial charge in [0.25, 0.3) is 5.56 Å². The predicted molar refractivity (Wildman–Crippen MR) is 142 cm³/mol. The number of rotatable bonds is 9. The van der Waals surface area contributed by atoms with Crippen LogP contribution in [0.25, 0.3) is 10.2 Å². The number of amides is 1. The Morgan fingerprint density at radius 1 is 1.08 bits per heavy atom. The highest BCUT2D eigenvalue weighted by Gasteiger charge is 2.24. The number of anilines is 1. The van der Waals surface area contributed by atoms with E-state index < -0.39 is 23.5 Å². The first-order chi connectivity index (χ1) is 17.8. The van der Waals surface area contributed by atoms with Crippen molar-refractivity contribution in [1.29, 1.82) is 0 Å². The van der Waals surface area contributed by atoms with Gasteiger partial charge in [-0.25, -0.2) is 9.78 Å². The van der Waals surface area contributed by atoms with Crippen LogP contribution in [0.1, 0.15) is 33.8 Å². The first kappa shape index (κ1) is 25.9. The monoisotopic (exact) mass is 521 g/mol. The van der Waals surface area contributed by atoms with Crippen molar-refractivity contribution in [3.05, 3.63) is 81.2 Å². The molecule has 10 heteroatoms. The van der Waals surface area contributed by atoms with E-state index >= 15 is 0 Å². The minimum atomic E-state index is -0.863. The van der Waals surface area contributed by atoms with E-state index in [4.69, 9.17) is 14.2 Å². The van der Waals surface area contributed by atoms with Gasteiger partial charge in [-0.2, -0.15) is 0 Å². The lowest BCUT2D eigenvalue weighted by atomic mass is 10.2. The van der Waals surface area contributed by atoms with Crippen LogP contribution in [-0.2, 0) is 16.0 Å². The first-order valence-corrected chi connectivity index (χ1v) is 12.4. The number of aryl methyl sites for hydroxylation is 1. The Kier molecular flexibility index (Phi) is 7.88. The molecule has 0 fully saturated rings. The van der Waals surface area contributed by atoms with Gasteiger partial charge in [-0.05, 0) is 37.1 Å². The van der Waals surface area contributed by atoms with Crippen molar-refractivity contribution in [2.75, 3.05) is 26.1 Å². The minimum absolute atomic E-state index is 0.224. The number of fused-ring (bicyclic) bond motifs is 1. The molecular weight excluding hydrogens is 494 g/mol. The Labute approximate surface area is 217 Å². The van der Waals surface area contributed by atoms with Crippen molar-refractivity contribution >= 4 is 39.1 Å². The van der Waals surface area contributed by atoms with Gasteiger partial charge >= 0.3 is 5.97 Å². The number of nitrogens with zero attached hydrogens (tertiary/aromatic N) is 2. The van der Waals surface area contributed by atoms with E-state index in [0.29, 0.717) is 44.3 Å². The molecule has 2 aromatic heterocycles. The molecule has 1 N–H and O–H groups in total. The number of ether oxygens (including phenoxy) is 3. The van der Waals surface area contributed by atoms with E-state index in [1.165, 1.54) is 25.1 Å². The van der Waals surface area contributed by atoms with E-state index in [1.54, 1.807) is 32.0 Å². The lowest BCUT2D eigenvalue weighted by Crippen LogP contribution is -2.31. The van der Waals surface area contributed by atoms with Gasteiger partial charge < -0.3 is 19.5 Å². The van der Waals surface area contributed by atoms with E-state index in [-0.39, 0.29) is 6.61 Å². The third-order valence-corrected chi connectivity index (χ3v) is 7.16. The highest BCUT2D eigenvalue weighted by molar-refractivity contribution is 7.20. The van der Waals surface area contributed by atoms with Crippen LogP contribution in [0.5, 0.6) is 11.5 Å². The van der Waals surface area contributed by atoms with E-state index in [0.717, 1.165) is 16.9 Å². The van der Waals surface area contributed by atoms with Crippen LogP contribution in [0.2, 0.25) is 0 Å². The zero-order valence-corrected chi connectivity index (χ0v) is 21.8. The molecule has 37 heavy (non-hydrogen) atoms. The first-order valence-electron chi connectivity index (χ1n) is 11.6. The molecule has 1 atom stereocenters. The molecule has 4 rings (SSSR count). The highest BCUT2D eigenvalue weighted by Crippen LogP contribution is 2.30. The molecule has 0 aliphatic carbocycles. The largest absolute Gasteiger partial charge is 0.493 e. The average Bonchev–Trinajstić information content (AvgIpc) is 3.26. The maximum atomic E-state index is 13.3. The van der Waals surface area contributed by atoms with Gasteiger partial charge in [0.1, 0.15) is 15.7 Å². The van der Waals surface area contributed by atoms with Crippen molar-refractivity contribution in [3.63, 3.8) is 0 Å². The molecule has 192 valence electrons. The molecular formula is C27H27N3O6S. The summed E-state index contributed by atoms with van der Waals surface area (Å²) in [6, 6.07) is 13.8. The lowest BCUT2D eigenvalue weighted by molar-refractivity contribution is -0.118. The molecule has 1 amide bonds. The summed E-state index contributed by atoms with van der Waals surface area (Å²) in [6.07, 6.45) is 1.91. The van der Waals surface area contributed by atoms with Crippen molar-refractivity contribution in [3.8, 4) is 11.5 Å². The van der Waals surface area contributed by atoms with Crippen molar-refractivity contribution in [2.45, 2.75) is 26.3 Å².